The summed E-state index contributed by atoms with van der Waals surface area (Å²) in [6.07, 6.45) is 4.60. The number of aromatic nitrogens is 1. The second-order valence-corrected chi connectivity index (χ2v) is 10.3. The maximum absolute atomic E-state index is 13.1. The van der Waals surface area contributed by atoms with Crippen molar-refractivity contribution in [1.29, 1.82) is 0 Å². The quantitative estimate of drug-likeness (QED) is 0.506. The van der Waals surface area contributed by atoms with Crippen LogP contribution in [0.25, 0.3) is 11.0 Å². The zero-order valence-electron chi connectivity index (χ0n) is 18.5. The molecule has 10 nitrogen and oxygen atoms in total. The van der Waals surface area contributed by atoms with Crippen LogP contribution in [0.1, 0.15) is 44.6 Å². The average molecular weight is 466 g/mol. The van der Waals surface area contributed by atoms with Gasteiger partial charge in [-0.25, -0.2) is 13.1 Å². The fourth-order valence-corrected chi connectivity index (χ4v) is 4.84. The molecule has 3 rings (SSSR count). The Morgan fingerprint density at radius 3 is 2.69 bits per heavy atom. The normalized spacial score (nSPS) is 16.1. The van der Waals surface area contributed by atoms with Gasteiger partial charge in [-0.15, -0.1) is 0 Å². The number of sulfonamides is 1. The summed E-state index contributed by atoms with van der Waals surface area (Å²) in [6, 6.07) is 4.47. The molecule has 11 heteroatoms. The molecule has 1 saturated carbocycles. The fourth-order valence-electron chi connectivity index (χ4n) is 3.99. The van der Waals surface area contributed by atoms with Gasteiger partial charge in [0.25, 0.3) is 0 Å². The molecule has 1 aromatic heterocycles. The lowest BCUT2D eigenvalue weighted by molar-refractivity contribution is -0.137. The van der Waals surface area contributed by atoms with Crippen LogP contribution in [-0.2, 0) is 26.2 Å². The van der Waals surface area contributed by atoms with Crippen LogP contribution in [0.3, 0.4) is 0 Å². The third kappa shape index (κ3) is 5.98. The van der Waals surface area contributed by atoms with Crippen molar-refractivity contribution in [1.82, 2.24) is 20.1 Å². The number of nitrogens with zero attached hydrogens (tertiary/aromatic N) is 2. The highest BCUT2D eigenvalue weighted by molar-refractivity contribution is 7.89. The molecule has 1 aromatic carbocycles. The van der Waals surface area contributed by atoms with Gasteiger partial charge in [-0.05, 0) is 43.4 Å². The highest BCUT2D eigenvalue weighted by Gasteiger charge is 2.34. The van der Waals surface area contributed by atoms with Gasteiger partial charge in [-0.1, -0.05) is 30.5 Å². The second-order valence-electron chi connectivity index (χ2n) is 8.27. The number of hydrogen-bond donors (Lipinski definition) is 3. The summed E-state index contributed by atoms with van der Waals surface area (Å²) in [5.41, 5.74) is 7.03. The van der Waals surface area contributed by atoms with Crippen LogP contribution in [0.5, 0.6) is 0 Å². The summed E-state index contributed by atoms with van der Waals surface area (Å²) in [6.45, 7) is 1.60. The van der Waals surface area contributed by atoms with Crippen molar-refractivity contribution in [2.75, 3.05) is 25.1 Å². The summed E-state index contributed by atoms with van der Waals surface area (Å²) in [4.78, 5) is 26.8. The summed E-state index contributed by atoms with van der Waals surface area (Å²) < 4.78 is 32.0. The number of hydrogen-bond acceptors (Lipinski definition) is 7. The SMILES string of the molecule is CCS(=O)(=O)N[C@@H](C(=O)N(C)CC(=O)NCc1ccc2c(N)noc2c1)C1CCCCC1. The van der Waals surface area contributed by atoms with E-state index in [0.29, 0.717) is 16.8 Å². The van der Waals surface area contributed by atoms with E-state index in [2.05, 4.69) is 15.2 Å². The van der Waals surface area contributed by atoms with E-state index in [0.717, 1.165) is 37.7 Å². The first-order valence-electron chi connectivity index (χ1n) is 10.9. The van der Waals surface area contributed by atoms with Crippen LogP contribution in [0.15, 0.2) is 22.7 Å². The number of carbonyl (C=O) groups is 2. The number of rotatable bonds is 9. The van der Waals surface area contributed by atoms with Gasteiger partial charge in [0.1, 0.15) is 6.04 Å². The molecule has 2 amide bonds. The van der Waals surface area contributed by atoms with Crippen LogP contribution in [0.2, 0.25) is 0 Å². The molecule has 0 radical (unpaired) electrons. The van der Waals surface area contributed by atoms with Crippen LogP contribution in [0.4, 0.5) is 5.82 Å². The molecule has 1 aliphatic rings. The molecule has 0 saturated heterocycles. The van der Waals surface area contributed by atoms with Gasteiger partial charge < -0.3 is 20.5 Å². The van der Waals surface area contributed by atoms with E-state index >= 15 is 0 Å². The molecule has 1 heterocycles. The minimum atomic E-state index is -3.56. The number of nitrogens with one attached hydrogen (secondary N) is 2. The Morgan fingerprint density at radius 2 is 2.00 bits per heavy atom. The van der Waals surface area contributed by atoms with Crippen molar-refractivity contribution in [3.05, 3.63) is 23.8 Å². The fraction of sp³-hybridized carbons (Fsp3) is 0.571. The monoisotopic (exact) mass is 465 g/mol. The highest BCUT2D eigenvalue weighted by Crippen LogP contribution is 2.28. The number of amides is 2. The number of nitrogen functional groups attached to an aromatic ring is 1. The van der Waals surface area contributed by atoms with Gasteiger partial charge in [-0.3, -0.25) is 9.59 Å². The summed E-state index contributed by atoms with van der Waals surface area (Å²) in [5, 5.41) is 7.17. The molecule has 0 unspecified atom stereocenters. The molecule has 32 heavy (non-hydrogen) atoms. The zero-order valence-corrected chi connectivity index (χ0v) is 19.3. The second kappa shape index (κ2) is 10.3. The number of benzene rings is 1. The van der Waals surface area contributed by atoms with Gasteiger partial charge in [0.05, 0.1) is 17.7 Å². The lowest BCUT2D eigenvalue weighted by atomic mass is 9.84. The van der Waals surface area contributed by atoms with E-state index in [-0.39, 0.29) is 36.6 Å². The van der Waals surface area contributed by atoms with Crippen LogP contribution >= 0.6 is 0 Å². The zero-order chi connectivity index (χ0) is 23.3. The summed E-state index contributed by atoms with van der Waals surface area (Å²) in [5.74, 6) is -0.595. The van der Waals surface area contributed by atoms with Gasteiger partial charge >= 0.3 is 0 Å². The largest absolute Gasteiger partial charge is 0.380 e. The van der Waals surface area contributed by atoms with E-state index in [1.165, 1.54) is 18.9 Å². The Hall–Kier alpha value is -2.66. The Kier molecular flexibility index (Phi) is 7.73. The van der Waals surface area contributed by atoms with Crippen molar-refractivity contribution in [2.45, 2.75) is 51.6 Å². The van der Waals surface area contributed by atoms with E-state index in [1.54, 1.807) is 12.1 Å². The highest BCUT2D eigenvalue weighted by atomic mass is 32.2. The summed E-state index contributed by atoms with van der Waals surface area (Å²) >= 11 is 0. The van der Waals surface area contributed by atoms with Crippen LogP contribution < -0.4 is 15.8 Å². The van der Waals surface area contributed by atoms with Crippen molar-refractivity contribution >= 4 is 38.6 Å². The third-order valence-electron chi connectivity index (χ3n) is 5.88. The molecular weight excluding hydrogens is 434 g/mol. The maximum Gasteiger partial charge on any atom is 0.241 e. The van der Waals surface area contributed by atoms with E-state index in [9.17, 15) is 18.0 Å². The number of anilines is 1. The molecule has 0 aliphatic heterocycles. The molecule has 1 fully saturated rings. The number of nitrogens with two attached hydrogens (primary N) is 1. The van der Waals surface area contributed by atoms with Gasteiger partial charge in [0.2, 0.25) is 21.8 Å². The molecule has 1 atom stereocenters. The van der Waals surface area contributed by atoms with E-state index in [4.69, 9.17) is 10.3 Å². The smallest absolute Gasteiger partial charge is 0.241 e. The van der Waals surface area contributed by atoms with Gasteiger partial charge in [0.15, 0.2) is 11.4 Å². The first kappa shape index (κ1) is 24.0. The van der Waals surface area contributed by atoms with Crippen molar-refractivity contribution in [2.24, 2.45) is 5.92 Å². The Morgan fingerprint density at radius 1 is 1.28 bits per heavy atom. The number of fused-ring (bicyclic) bond motifs is 1. The standard InChI is InChI=1S/C21H31N5O5S/c1-3-32(29,30)25-19(15-7-5-4-6-8-15)21(28)26(2)13-18(27)23-12-14-9-10-16-17(11-14)31-24-20(16)22/h9-11,15,19,25H,3-8,12-13H2,1-2H3,(H2,22,24)(H,23,27)/t19-/m1/s1. The Balaban J connectivity index is 1.59. The lowest BCUT2D eigenvalue weighted by Gasteiger charge is -2.32. The Labute approximate surface area is 187 Å². The minimum absolute atomic E-state index is 0.0656. The first-order chi connectivity index (χ1) is 15.2. The van der Waals surface area contributed by atoms with Gasteiger partial charge in [-0.2, -0.15) is 0 Å². The molecular formula is C21H31N5O5S. The van der Waals surface area contributed by atoms with Crippen molar-refractivity contribution in [3.8, 4) is 0 Å². The molecule has 0 spiro atoms. The van der Waals surface area contributed by atoms with E-state index < -0.39 is 16.1 Å². The predicted octanol–water partition coefficient (Wildman–Crippen LogP) is 1.37. The maximum atomic E-state index is 13.1. The van der Waals surface area contributed by atoms with Crippen LogP contribution in [-0.4, -0.2) is 55.7 Å². The lowest BCUT2D eigenvalue weighted by Crippen LogP contribution is -2.53. The average Bonchev–Trinajstić information content (AvgIpc) is 3.16. The third-order valence-corrected chi connectivity index (χ3v) is 7.26. The number of likely N-dealkylation sites (N-methyl/N-ethyl adjacent to an activating group) is 1. The Bertz CT molecular complexity index is 1060. The van der Waals surface area contributed by atoms with Crippen LogP contribution in [0, 0.1) is 5.92 Å². The molecule has 4 N–H and O–H groups in total. The minimum Gasteiger partial charge on any atom is -0.380 e. The molecule has 1 aliphatic carbocycles. The molecule has 2 aromatic rings. The topological polar surface area (TPSA) is 148 Å². The van der Waals surface area contributed by atoms with Gasteiger partial charge in [0, 0.05) is 13.6 Å². The molecule has 0 bridgehead atoms. The number of carbonyl (C=O) groups excluding carboxylic acids is 2. The van der Waals surface area contributed by atoms with Crippen molar-refractivity contribution in [3.63, 3.8) is 0 Å². The van der Waals surface area contributed by atoms with E-state index in [1.807, 2.05) is 6.07 Å². The molecule has 176 valence electrons. The van der Waals surface area contributed by atoms with Crippen molar-refractivity contribution < 1.29 is 22.5 Å². The first-order valence-corrected chi connectivity index (χ1v) is 12.5. The predicted molar refractivity (Wildman–Crippen MR) is 121 cm³/mol. The summed E-state index contributed by atoms with van der Waals surface area (Å²) in [7, 11) is -2.04.